The maximum Gasteiger partial charge on any atom is 0.244 e. The smallest absolute Gasteiger partial charge is 0.244 e. The second-order valence-corrected chi connectivity index (χ2v) is 6.78. The van der Waals surface area contributed by atoms with Gasteiger partial charge in [-0.2, -0.15) is 5.10 Å². The van der Waals surface area contributed by atoms with Gasteiger partial charge in [0.25, 0.3) is 0 Å². The SMILES string of the molecule is CCNC(=S)N/N=C\c1cn(CC(=O)Nc2ccc(C)cc2)c2ccccc12. The van der Waals surface area contributed by atoms with Gasteiger partial charge in [0.05, 0.1) is 6.21 Å². The lowest BCUT2D eigenvalue weighted by Gasteiger charge is -2.07. The predicted molar refractivity (Wildman–Crippen MR) is 119 cm³/mol. The number of benzene rings is 2. The van der Waals surface area contributed by atoms with E-state index in [9.17, 15) is 4.79 Å². The van der Waals surface area contributed by atoms with Crippen LogP contribution in [0.3, 0.4) is 0 Å². The van der Waals surface area contributed by atoms with Crippen molar-refractivity contribution in [3.05, 3.63) is 65.9 Å². The lowest BCUT2D eigenvalue weighted by Crippen LogP contribution is -2.31. The van der Waals surface area contributed by atoms with Crippen LogP contribution in [0.15, 0.2) is 59.8 Å². The second-order valence-electron chi connectivity index (χ2n) is 6.37. The van der Waals surface area contributed by atoms with Crippen LogP contribution in [0.4, 0.5) is 5.69 Å². The first-order chi connectivity index (χ1) is 13.6. The molecule has 6 nitrogen and oxygen atoms in total. The van der Waals surface area contributed by atoms with Crippen LogP contribution < -0.4 is 16.1 Å². The van der Waals surface area contributed by atoms with E-state index in [1.165, 1.54) is 0 Å². The highest BCUT2D eigenvalue weighted by molar-refractivity contribution is 7.80. The van der Waals surface area contributed by atoms with Gasteiger partial charge in [-0.3, -0.25) is 10.2 Å². The van der Waals surface area contributed by atoms with Gasteiger partial charge in [0.15, 0.2) is 5.11 Å². The summed E-state index contributed by atoms with van der Waals surface area (Å²) >= 11 is 5.10. The van der Waals surface area contributed by atoms with Crippen LogP contribution in [0.25, 0.3) is 10.9 Å². The Hall–Kier alpha value is -3.19. The quantitative estimate of drug-likeness (QED) is 0.341. The number of carbonyl (C=O) groups excluding carboxylic acids is 1. The Bertz CT molecular complexity index is 1010. The predicted octanol–water partition coefficient (Wildman–Crippen LogP) is 3.41. The number of hydrogen-bond donors (Lipinski definition) is 3. The molecule has 3 rings (SSSR count). The average molecular weight is 394 g/mol. The minimum atomic E-state index is -0.0838. The molecule has 0 atom stereocenters. The number of nitrogens with zero attached hydrogens (tertiary/aromatic N) is 2. The zero-order valence-electron chi connectivity index (χ0n) is 15.9. The number of thiocarbonyl (C=S) groups is 1. The van der Waals surface area contributed by atoms with Gasteiger partial charge in [-0.1, -0.05) is 35.9 Å². The van der Waals surface area contributed by atoms with E-state index in [-0.39, 0.29) is 12.5 Å². The number of anilines is 1. The summed E-state index contributed by atoms with van der Waals surface area (Å²) in [7, 11) is 0. The molecule has 0 aliphatic rings. The highest BCUT2D eigenvalue weighted by atomic mass is 32.1. The number of rotatable bonds is 6. The third kappa shape index (κ3) is 4.95. The standard InChI is InChI=1S/C21H23N5OS/c1-3-22-21(28)25-23-12-16-13-26(19-7-5-4-6-18(16)19)14-20(27)24-17-10-8-15(2)9-11-17/h4-13H,3,14H2,1-2H3,(H,24,27)(H2,22,25,28)/b23-12-. The molecule has 1 amide bonds. The molecule has 0 spiro atoms. The number of nitrogens with one attached hydrogen (secondary N) is 3. The Labute approximate surface area is 169 Å². The van der Waals surface area contributed by atoms with E-state index in [1.54, 1.807) is 6.21 Å². The summed E-state index contributed by atoms with van der Waals surface area (Å²) in [6.45, 7) is 4.93. The number of carbonyl (C=O) groups is 1. The summed E-state index contributed by atoms with van der Waals surface area (Å²) in [5.41, 5.74) is 6.60. The number of aryl methyl sites for hydroxylation is 1. The minimum absolute atomic E-state index is 0.0838. The summed E-state index contributed by atoms with van der Waals surface area (Å²) in [5, 5.41) is 11.6. The van der Waals surface area contributed by atoms with Crippen LogP contribution in [-0.2, 0) is 11.3 Å². The summed E-state index contributed by atoms with van der Waals surface area (Å²) in [4.78, 5) is 12.5. The summed E-state index contributed by atoms with van der Waals surface area (Å²) in [6.07, 6.45) is 3.63. The molecule has 7 heteroatoms. The van der Waals surface area contributed by atoms with Gasteiger partial charge in [-0.25, -0.2) is 0 Å². The fourth-order valence-corrected chi connectivity index (χ4v) is 3.06. The van der Waals surface area contributed by atoms with E-state index >= 15 is 0 Å². The zero-order chi connectivity index (χ0) is 19.9. The van der Waals surface area contributed by atoms with Crippen molar-refractivity contribution in [2.24, 2.45) is 5.10 Å². The Kier molecular flexibility index (Phi) is 6.39. The van der Waals surface area contributed by atoms with Crippen molar-refractivity contribution in [1.29, 1.82) is 0 Å². The fraction of sp³-hybridized carbons (Fsp3) is 0.190. The molecule has 0 aliphatic carbocycles. The largest absolute Gasteiger partial charge is 0.362 e. The molecule has 3 aromatic rings. The van der Waals surface area contributed by atoms with Crippen molar-refractivity contribution >= 4 is 46.0 Å². The number of fused-ring (bicyclic) bond motifs is 1. The number of para-hydroxylation sites is 1. The van der Waals surface area contributed by atoms with Crippen molar-refractivity contribution < 1.29 is 4.79 Å². The van der Waals surface area contributed by atoms with Gasteiger partial charge >= 0.3 is 0 Å². The Morgan fingerprint density at radius 2 is 1.93 bits per heavy atom. The van der Waals surface area contributed by atoms with Crippen LogP contribution in [0, 0.1) is 6.92 Å². The van der Waals surface area contributed by atoms with Gasteiger partial charge in [0.1, 0.15) is 6.54 Å². The van der Waals surface area contributed by atoms with E-state index in [4.69, 9.17) is 12.2 Å². The first-order valence-electron chi connectivity index (χ1n) is 9.08. The third-order valence-electron chi connectivity index (χ3n) is 4.18. The molecule has 1 heterocycles. The fourth-order valence-electron chi connectivity index (χ4n) is 2.86. The Morgan fingerprint density at radius 3 is 2.68 bits per heavy atom. The van der Waals surface area contributed by atoms with E-state index in [2.05, 4.69) is 21.2 Å². The molecule has 0 aliphatic heterocycles. The summed E-state index contributed by atoms with van der Waals surface area (Å²) in [6, 6.07) is 15.7. The van der Waals surface area contributed by atoms with Crippen LogP contribution in [0.1, 0.15) is 18.1 Å². The number of hydrogen-bond acceptors (Lipinski definition) is 3. The second kappa shape index (κ2) is 9.14. The minimum Gasteiger partial charge on any atom is -0.362 e. The van der Waals surface area contributed by atoms with Crippen molar-refractivity contribution in [3.8, 4) is 0 Å². The Balaban J connectivity index is 1.76. The molecule has 0 radical (unpaired) electrons. The lowest BCUT2D eigenvalue weighted by atomic mass is 10.2. The van der Waals surface area contributed by atoms with E-state index < -0.39 is 0 Å². The molecule has 0 unspecified atom stereocenters. The Morgan fingerprint density at radius 1 is 1.18 bits per heavy atom. The van der Waals surface area contributed by atoms with Gasteiger partial charge in [0, 0.05) is 34.9 Å². The summed E-state index contributed by atoms with van der Waals surface area (Å²) < 4.78 is 1.92. The molecule has 2 aromatic carbocycles. The normalized spacial score (nSPS) is 10.9. The first-order valence-corrected chi connectivity index (χ1v) is 9.49. The molecule has 3 N–H and O–H groups in total. The molecule has 28 heavy (non-hydrogen) atoms. The lowest BCUT2D eigenvalue weighted by molar-refractivity contribution is -0.116. The highest BCUT2D eigenvalue weighted by Gasteiger charge is 2.10. The summed E-state index contributed by atoms with van der Waals surface area (Å²) in [5.74, 6) is -0.0838. The average Bonchev–Trinajstić information content (AvgIpc) is 3.02. The highest BCUT2D eigenvalue weighted by Crippen LogP contribution is 2.20. The maximum absolute atomic E-state index is 12.5. The first kappa shape index (κ1) is 19.6. The van der Waals surface area contributed by atoms with Crippen molar-refractivity contribution in [3.63, 3.8) is 0 Å². The maximum atomic E-state index is 12.5. The molecule has 0 bridgehead atoms. The monoisotopic (exact) mass is 393 g/mol. The number of hydrazone groups is 1. The topological polar surface area (TPSA) is 70.5 Å². The molecular weight excluding hydrogens is 370 g/mol. The van der Waals surface area contributed by atoms with Gasteiger partial charge < -0.3 is 15.2 Å². The molecule has 144 valence electrons. The van der Waals surface area contributed by atoms with Crippen LogP contribution in [0.5, 0.6) is 0 Å². The molecule has 0 fully saturated rings. The van der Waals surface area contributed by atoms with Crippen LogP contribution >= 0.6 is 12.2 Å². The van der Waals surface area contributed by atoms with Gasteiger partial charge in [-0.05, 0) is 44.3 Å². The zero-order valence-corrected chi connectivity index (χ0v) is 16.7. The molecule has 1 aromatic heterocycles. The van der Waals surface area contributed by atoms with E-state index in [1.807, 2.05) is 73.1 Å². The van der Waals surface area contributed by atoms with Crippen molar-refractivity contribution in [2.75, 3.05) is 11.9 Å². The third-order valence-corrected chi connectivity index (χ3v) is 4.41. The van der Waals surface area contributed by atoms with Crippen molar-refractivity contribution in [2.45, 2.75) is 20.4 Å². The van der Waals surface area contributed by atoms with Gasteiger partial charge in [0.2, 0.25) is 5.91 Å². The number of aromatic nitrogens is 1. The molecule has 0 saturated carbocycles. The van der Waals surface area contributed by atoms with Crippen molar-refractivity contribution in [1.82, 2.24) is 15.3 Å². The van der Waals surface area contributed by atoms with Crippen LogP contribution in [0.2, 0.25) is 0 Å². The molecular formula is C21H23N5OS. The van der Waals surface area contributed by atoms with Crippen LogP contribution in [-0.4, -0.2) is 28.3 Å². The van der Waals surface area contributed by atoms with E-state index in [0.29, 0.717) is 5.11 Å². The van der Waals surface area contributed by atoms with Gasteiger partial charge in [-0.15, -0.1) is 0 Å². The van der Waals surface area contributed by atoms with E-state index in [0.717, 1.165) is 34.3 Å². The molecule has 0 saturated heterocycles. The number of amides is 1.